The van der Waals surface area contributed by atoms with Crippen molar-refractivity contribution in [1.82, 2.24) is 10.2 Å². The van der Waals surface area contributed by atoms with Crippen LogP contribution in [0.5, 0.6) is 0 Å². The van der Waals surface area contributed by atoms with Crippen molar-refractivity contribution in [3.63, 3.8) is 0 Å². The van der Waals surface area contributed by atoms with Crippen LogP contribution in [-0.2, 0) is 4.79 Å². The summed E-state index contributed by atoms with van der Waals surface area (Å²) in [6.45, 7) is 7.55. The number of nitrogens with zero attached hydrogens (tertiary/aromatic N) is 1. The second-order valence-electron chi connectivity index (χ2n) is 7.92. The fraction of sp³-hybridized carbons (Fsp3) is 0.941. The Morgan fingerprint density at radius 3 is 2.35 bits per heavy atom. The zero-order valence-corrected chi connectivity index (χ0v) is 13.4. The van der Waals surface area contributed by atoms with E-state index >= 15 is 0 Å². The molecular weight excluding hydrogens is 248 g/mol. The van der Waals surface area contributed by atoms with Crippen molar-refractivity contribution in [3.8, 4) is 0 Å². The minimum Gasteiger partial charge on any atom is -0.325 e. The van der Waals surface area contributed by atoms with Crippen molar-refractivity contribution in [2.45, 2.75) is 83.8 Å². The average molecular weight is 278 g/mol. The number of amides is 1. The summed E-state index contributed by atoms with van der Waals surface area (Å²) in [7, 11) is 0. The zero-order chi connectivity index (χ0) is 14.4. The molecule has 0 aromatic carbocycles. The largest absolute Gasteiger partial charge is 0.325 e. The molecule has 2 atom stereocenters. The third-order valence-electron chi connectivity index (χ3n) is 6.20. The van der Waals surface area contributed by atoms with Gasteiger partial charge in [0.15, 0.2) is 0 Å². The molecule has 3 nitrogen and oxygen atoms in total. The molecular formula is C17H30N2O. The lowest BCUT2D eigenvalue weighted by molar-refractivity contribution is -0.135. The SMILES string of the molecule is CCC1(C)NC(C2CCCC2)N(CC2(C)CCC2)C1=O. The van der Waals surface area contributed by atoms with Gasteiger partial charge in [0.05, 0.1) is 11.7 Å². The molecule has 0 radical (unpaired) electrons. The van der Waals surface area contributed by atoms with Crippen LogP contribution < -0.4 is 5.32 Å². The first-order valence-electron chi connectivity index (χ1n) is 8.56. The molecule has 3 heteroatoms. The van der Waals surface area contributed by atoms with Gasteiger partial charge in [0.2, 0.25) is 5.91 Å². The van der Waals surface area contributed by atoms with E-state index in [4.69, 9.17) is 0 Å². The minimum atomic E-state index is -0.326. The fourth-order valence-electron chi connectivity index (χ4n) is 4.33. The number of hydrogen-bond donors (Lipinski definition) is 1. The van der Waals surface area contributed by atoms with Crippen molar-refractivity contribution >= 4 is 5.91 Å². The number of nitrogens with one attached hydrogen (secondary N) is 1. The molecule has 0 aromatic rings. The van der Waals surface area contributed by atoms with E-state index in [9.17, 15) is 4.79 Å². The first-order chi connectivity index (χ1) is 9.47. The van der Waals surface area contributed by atoms with Gasteiger partial charge in [-0.3, -0.25) is 10.1 Å². The van der Waals surface area contributed by atoms with E-state index < -0.39 is 0 Å². The maximum atomic E-state index is 12.9. The second kappa shape index (κ2) is 5.01. The molecule has 0 spiro atoms. The maximum absolute atomic E-state index is 12.9. The molecule has 114 valence electrons. The Morgan fingerprint density at radius 2 is 1.85 bits per heavy atom. The highest BCUT2D eigenvalue weighted by Crippen LogP contribution is 2.44. The number of hydrogen-bond acceptors (Lipinski definition) is 2. The third-order valence-corrected chi connectivity index (χ3v) is 6.20. The van der Waals surface area contributed by atoms with Crippen molar-refractivity contribution in [3.05, 3.63) is 0 Å². The predicted molar refractivity (Wildman–Crippen MR) is 81.2 cm³/mol. The lowest BCUT2D eigenvalue weighted by Crippen LogP contribution is -2.48. The molecule has 2 saturated carbocycles. The summed E-state index contributed by atoms with van der Waals surface area (Å²) in [6, 6.07) is 0. The predicted octanol–water partition coefficient (Wildman–Crippen LogP) is 3.29. The molecule has 3 rings (SSSR count). The molecule has 1 N–H and O–H groups in total. The van der Waals surface area contributed by atoms with Gasteiger partial charge in [-0.05, 0) is 50.4 Å². The summed E-state index contributed by atoms with van der Waals surface area (Å²) in [4.78, 5) is 15.1. The molecule has 0 aromatic heterocycles. The number of carbonyl (C=O) groups excluding carboxylic acids is 1. The van der Waals surface area contributed by atoms with Crippen LogP contribution in [0.25, 0.3) is 0 Å². The topological polar surface area (TPSA) is 32.3 Å². The molecule has 2 aliphatic carbocycles. The Kier molecular flexibility index (Phi) is 3.60. The van der Waals surface area contributed by atoms with Gasteiger partial charge in [0.25, 0.3) is 0 Å². The van der Waals surface area contributed by atoms with E-state index in [1.807, 2.05) is 0 Å². The van der Waals surface area contributed by atoms with E-state index in [1.165, 1.54) is 44.9 Å². The van der Waals surface area contributed by atoms with Crippen molar-refractivity contribution in [2.24, 2.45) is 11.3 Å². The minimum absolute atomic E-state index is 0.298. The van der Waals surface area contributed by atoms with E-state index in [0.29, 0.717) is 23.4 Å². The molecule has 3 aliphatic rings. The van der Waals surface area contributed by atoms with Crippen LogP contribution in [-0.4, -0.2) is 29.1 Å². The van der Waals surface area contributed by atoms with Gasteiger partial charge < -0.3 is 4.90 Å². The molecule has 1 aliphatic heterocycles. The molecule has 1 amide bonds. The Bertz CT molecular complexity index is 384. The highest BCUT2D eigenvalue weighted by molar-refractivity contribution is 5.88. The number of carbonyl (C=O) groups is 1. The maximum Gasteiger partial charge on any atom is 0.243 e. The van der Waals surface area contributed by atoms with Crippen molar-refractivity contribution in [1.29, 1.82) is 0 Å². The summed E-state index contributed by atoms with van der Waals surface area (Å²) >= 11 is 0. The summed E-state index contributed by atoms with van der Waals surface area (Å²) in [5.74, 6) is 1.03. The van der Waals surface area contributed by atoms with Gasteiger partial charge in [-0.15, -0.1) is 0 Å². The standard InChI is InChI=1S/C17H30N2O/c1-4-17(3)15(20)19(12-16(2)10-7-11-16)14(18-17)13-8-5-6-9-13/h13-14,18H,4-12H2,1-3H3. The summed E-state index contributed by atoms with van der Waals surface area (Å²) in [6.07, 6.45) is 10.4. The van der Waals surface area contributed by atoms with Gasteiger partial charge in [-0.1, -0.05) is 33.1 Å². The van der Waals surface area contributed by atoms with Crippen molar-refractivity contribution < 1.29 is 4.79 Å². The molecule has 1 heterocycles. The quantitative estimate of drug-likeness (QED) is 0.856. The van der Waals surface area contributed by atoms with E-state index in [1.54, 1.807) is 0 Å². The van der Waals surface area contributed by atoms with Crippen LogP contribution in [0.3, 0.4) is 0 Å². The zero-order valence-electron chi connectivity index (χ0n) is 13.4. The van der Waals surface area contributed by atoms with Crippen LogP contribution in [0.2, 0.25) is 0 Å². The average Bonchev–Trinajstić information content (AvgIpc) is 3.00. The summed E-state index contributed by atoms with van der Waals surface area (Å²) < 4.78 is 0. The van der Waals surface area contributed by atoms with Crippen molar-refractivity contribution in [2.75, 3.05) is 6.54 Å². The molecule has 2 unspecified atom stereocenters. The monoisotopic (exact) mass is 278 g/mol. The van der Waals surface area contributed by atoms with Gasteiger partial charge >= 0.3 is 0 Å². The van der Waals surface area contributed by atoms with Crippen LogP contribution in [0.4, 0.5) is 0 Å². The second-order valence-corrected chi connectivity index (χ2v) is 7.92. The van der Waals surface area contributed by atoms with Crippen LogP contribution >= 0.6 is 0 Å². The van der Waals surface area contributed by atoms with E-state index in [-0.39, 0.29) is 5.54 Å². The fourth-order valence-corrected chi connectivity index (χ4v) is 4.33. The lowest BCUT2D eigenvalue weighted by atomic mass is 9.70. The Hall–Kier alpha value is -0.570. The van der Waals surface area contributed by atoms with Crippen LogP contribution in [0.1, 0.15) is 72.1 Å². The first kappa shape index (κ1) is 14.4. The Labute approximate surface area is 123 Å². The van der Waals surface area contributed by atoms with Gasteiger partial charge in [-0.25, -0.2) is 0 Å². The summed E-state index contributed by atoms with van der Waals surface area (Å²) in [5, 5.41) is 3.71. The normalized spacial score (nSPS) is 37.5. The van der Waals surface area contributed by atoms with Gasteiger partial charge in [0, 0.05) is 6.54 Å². The molecule has 0 bridgehead atoms. The Balaban J connectivity index is 1.79. The molecule has 20 heavy (non-hydrogen) atoms. The lowest BCUT2D eigenvalue weighted by Gasteiger charge is -2.43. The Morgan fingerprint density at radius 1 is 1.20 bits per heavy atom. The van der Waals surface area contributed by atoms with Crippen LogP contribution in [0, 0.1) is 11.3 Å². The molecule has 3 fully saturated rings. The van der Waals surface area contributed by atoms with Crippen LogP contribution in [0.15, 0.2) is 0 Å². The third kappa shape index (κ3) is 2.28. The smallest absolute Gasteiger partial charge is 0.243 e. The van der Waals surface area contributed by atoms with E-state index in [2.05, 4.69) is 31.0 Å². The number of rotatable bonds is 4. The summed E-state index contributed by atoms with van der Waals surface area (Å²) in [5.41, 5.74) is 0.0561. The van der Waals surface area contributed by atoms with Gasteiger partial charge in [-0.2, -0.15) is 0 Å². The molecule has 1 saturated heterocycles. The van der Waals surface area contributed by atoms with Gasteiger partial charge in [0.1, 0.15) is 0 Å². The highest BCUT2D eigenvalue weighted by atomic mass is 16.2. The first-order valence-corrected chi connectivity index (χ1v) is 8.56. The highest BCUT2D eigenvalue weighted by Gasteiger charge is 2.51. The van der Waals surface area contributed by atoms with E-state index in [0.717, 1.165) is 13.0 Å².